The monoisotopic (exact) mass is 252 g/mol. The van der Waals surface area contributed by atoms with Gasteiger partial charge in [-0.3, -0.25) is 0 Å². The molecule has 2 aliphatic heterocycles. The van der Waals surface area contributed by atoms with Crippen LogP contribution in [0.4, 0.5) is 0 Å². The van der Waals surface area contributed by atoms with Crippen LogP contribution < -0.4 is 0 Å². The Balaban J connectivity index is 1.89. The van der Waals surface area contributed by atoms with Crippen molar-refractivity contribution in [3.8, 4) is 0 Å². The van der Waals surface area contributed by atoms with E-state index in [1.165, 1.54) is 11.8 Å². The van der Waals surface area contributed by atoms with Crippen molar-refractivity contribution in [2.24, 2.45) is 0 Å². The molecule has 2 unspecified atom stereocenters. The second kappa shape index (κ2) is 5.18. The third-order valence-corrected chi connectivity index (χ3v) is 3.98. The third kappa shape index (κ3) is 2.67. The quantitative estimate of drug-likeness (QED) is 0.426. The predicted octanol–water partition coefficient (Wildman–Crippen LogP) is -2.08. The average molecular weight is 252 g/mol. The largest absolute Gasteiger partial charge is 0.394 e. The van der Waals surface area contributed by atoms with Crippen molar-refractivity contribution in [1.82, 2.24) is 0 Å². The molecule has 2 fully saturated rings. The fraction of sp³-hybridized carbons (Fsp3) is 1.00. The van der Waals surface area contributed by atoms with Crippen LogP contribution in [0.2, 0.25) is 0 Å². The van der Waals surface area contributed by atoms with Gasteiger partial charge in [-0.25, -0.2) is 0 Å². The Morgan fingerprint density at radius 3 is 2.38 bits per heavy atom. The molecule has 2 rings (SSSR count). The molecule has 0 spiro atoms. The van der Waals surface area contributed by atoms with Crippen molar-refractivity contribution in [2.75, 3.05) is 19.0 Å². The van der Waals surface area contributed by atoms with Crippen LogP contribution in [0, 0.1) is 0 Å². The smallest absolute Gasteiger partial charge is 0.132 e. The Morgan fingerprint density at radius 2 is 1.81 bits per heavy atom. The number of aliphatic hydroxyl groups excluding tert-OH is 4. The summed E-state index contributed by atoms with van der Waals surface area (Å²) in [6.07, 6.45) is -4.35. The Labute approximate surface area is 97.2 Å². The number of ether oxygens (including phenoxy) is 2. The lowest BCUT2D eigenvalue weighted by Crippen LogP contribution is -2.57. The lowest BCUT2D eigenvalue weighted by Gasteiger charge is -2.39. The highest BCUT2D eigenvalue weighted by Gasteiger charge is 2.44. The summed E-state index contributed by atoms with van der Waals surface area (Å²) >= 11 is 1.32. The fourth-order valence-electron chi connectivity index (χ4n) is 1.57. The first kappa shape index (κ1) is 12.6. The summed E-state index contributed by atoms with van der Waals surface area (Å²) in [4.78, 5) is 0. The second-order valence-corrected chi connectivity index (χ2v) is 5.12. The summed E-state index contributed by atoms with van der Waals surface area (Å²) in [7, 11) is 0. The Hall–Kier alpha value is 0.110. The van der Waals surface area contributed by atoms with Crippen molar-refractivity contribution >= 4 is 11.8 Å². The van der Waals surface area contributed by atoms with Crippen LogP contribution in [0.15, 0.2) is 0 Å². The first-order valence-electron chi connectivity index (χ1n) is 5.17. The number of aliphatic hydroxyl groups is 4. The van der Waals surface area contributed by atoms with E-state index in [4.69, 9.17) is 14.6 Å². The standard InChI is InChI=1S/C9H16O6S/c10-1-5-6(11)7(12)8(13)9(15-5)16-3-4-2-14-4/h4-13H,1-3H2/t4?,5-,6-,7+,8-,9?/m1/s1. The van der Waals surface area contributed by atoms with Crippen molar-refractivity contribution in [3.05, 3.63) is 0 Å². The van der Waals surface area contributed by atoms with E-state index in [9.17, 15) is 15.3 Å². The van der Waals surface area contributed by atoms with Crippen LogP contribution >= 0.6 is 11.8 Å². The van der Waals surface area contributed by atoms with Gasteiger partial charge in [0.2, 0.25) is 0 Å². The van der Waals surface area contributed by atoms with E-state index in [-0.39, 0.29) is 12.7 Å². The molecule has 16 heavy (non-hydrogen) atoms. The van der Waals surface area contributed by atoms with E-state index in [0.29, 0.717) is 12.4 Å². The highest BCUT2D eigenvalue weighted by atomic mass is 32.2. The molecule has 0 saturated carbocycles. The van der Waals surface area contributed by atoms with Gasteiger partial charge in [0, 0.05) is 5.75 Å². The summed E-state index contributed by atoms with van der Waals surface area (Å²) in [6.45, 7) is 0.326. The zero-order valence-corrected chi connectivity index (χ0v) is 9.42. The molecule has 4 N–H and O–H groups in total. The zero-order valence-electron chi connectivity index (χ0n) is 8.60. The second-order valence-electron chi connectivity index (χ2n) is 3.99. The van der Waals surface area contributed by atoms with E-state index in [2.05, 4.69) is 0 Å². The molecule has 2 heterocycles. The first-order valence-corrected chi connectivity index (χ1v) is 6.22. The molecule has 7 heteroatoms. The zero-order chi connectivity index (χ0) is 11.7. The normalized spacial score (nSPS) is 48.0. The van der Waals surface area contributed by atoms with Gasteiger partial charge in [0.15, 0.2) is 0 Å². The van der Waals surface area contributed by atoms with Gasteiger partial charge in [0.1, 0.15) is 29.9 Å². The van der Waals surface area contributed by atoms with Crippen LogP contribution in [0.25, 0.3) is 0 Å². The number of epoxide rings is 1. The number of rotatable bonds is 4. The Morgan fingerprint density at radius 1 is 1.12 bits per heavy atom. The SMILES string of the molecule is OC[C@H]1OC(SCC2CO2)[C@H](O)[C@@H](O)[C@@H]1O. The average Bonchev–Trinajstić information content (AvgIpc) is 3.09. The minimum atomic E-state index is -1.29. The van der Waals surface area contributed by atoms with E-state index in [1.54, 1.807) is 0 Å². The highest BCUT2D eigenvalue weighted by molar-refractivity contribution is 7.99. The van der Waals surface area contributed by atoms with Crippen molar-refractivity contribution < 1.29 is 29.9 Å². The Bertz CT molecular complexity index is 234. The highest BCUT2D eigenvalue weighted by Crippen LogP contribution is 2.30. The number of hydrogen-bond donors (Lipinski definition) is 4. The molecule has 6 nitrogen and oxygen atoms in total. The van der Waals surface area contributed by atoms with Crippen molar-refractivity contribution in [1.29, 1.82) is 0 Å². The lowest BCUT2D eigenvalue weighted by molar-refractivity contribution is -0.205. The molecule has 0 aromatic heterocycles. The van der Waals surface area contributed by atoms with Gasteiger partial charge in [-0.15, -0.1) is 11.8 Å². The maximum absolute atomic E-state index is 9.68. The molecule has 0 aromatic carbocycles. The van der Waals surface area contributed by atoms with E-state index < -0.39 is 29.9 Å². The maximum atomic E-state index is 9.68. The first-order chi connectivity index (χ1) is 7.63. The van der Waals surface area contributed by atoms with Crippen LogP contribution in [-0.2, 0) is 9.47 Å². The molecule has 2 saturated heterocycles. The van der Waals surface area contributed by atoms with Crippen LogP contribution in [0.1, 0.15) is 0 Å². The molecule has 94 valence electrons. The summed E-state index contributed by atoms with van der Waals surface area (Å²) in [5.74, 6) is 0.669. The molecule has 0 radical (unpaired) electrons. The van der Waals surface area contributed by atoms with E-state index >= 15 is 0 Å². The van der Waals surface area contributed by atoms with Gasteiger partial charge < -0.3 is 29.9 Å². The summed E-state index contributed by atoms with van der Waals surface area (Å²) in [6, 6.07) is 0. The van der Waals surface area contributed by atoms with Crippen LogP contribution in [0.3, 0.4) is 0 Å². The van der Waals surface area contributed by atoms with Crippen molar-refractivity contribution in [3.63, 3.8) is 0 Å². The molecular weight excluding hydrogens is 236 g/mol. The molecule has 0 aromatic rings. The van der Waals surface area contributed by atoms with E-state index in [0.717, 1.165) is 0 Å². The van der Waals surface area contributed by atoms with Gasteiger partial charge in [0.05, 0.1) is 19.3 Å². The molecule has 0 bridgehead atoms. The minimum absolute atomic E-state index is 0.192. The minimum Gasteiger partial charge on any atom is -0.394 e. The van der Waals surface area contributed by atoms with Crippen LogP contribution in [-0.4, -0.2) is 75.3 Å². The predicted molar refractivity (Wildman–Crippen MR) is 56.0 cm³/mol. The van der Waals surface area contributed by atoms with Crippen LogP contribution in [0.5, 0.6) is 0 Å². The molecular formula is C9H16O6S. The maximum Gasteiger partial charge on any atom is 0.132 e. The third-order valence-electron chi connectivity index (χ3n) is 2.70. The molecule has 0 aliphatic carbocycles. The number of thioether (sulfide) groups is 1. The summed E-state index contributed by atoms with van der Waals surface area (Å²) in [5, 5.41) is 37.7. The summed E-state index contributed by atoms with van der Waals surface area (Å²) in [5.41, 5.74) is -0.639. The lowest BCUT2D eigenvalue weighted by atomic mass is 10.0. The van der Waals surface area contributed by atoms with Gasteiger partial charge in [0.25, 0.3) is 0 Å². The topological polar surface area (TPSA) is 103 Å². The fourth-order valence-corrected chi connectivity index (χ4v) is 2.75. The van der Waals surface area contributed by atoms with Gasteiger partial charge >= 0.3 is 0 Å². The van der Waals surface area contributed by atoms with Gasteiger partial charge in [-0.2, -0.15) is 0 Å². The molecule has 0 amide bonds. The van der Waals surface area contributed by atoms with Crippen molar-refractivity contribution in [2.45, 2.75) is 36.0 Å². The van der Waals surface area contributed by atoms with Gasteiger partial charge in [-0.05, 0) is 0 Å². The Kier molecular flexibility index (Phi) is 4.06. The van der Waals surface area contributed by atoms with E-state index in [1.807, 2.05) is 0 Å². The molecule has 6 atom stereocenters. The number of hydrogen-bond acceptors (Lipinski definition) is 7. The van der Waals surface area contributed by atoms with Gasteiger partial charge in [-0.1, -0.05) is 0 Å². The molecule has 2 aliphatic rings. The summed E-state index contributed by atoms with van der Waals surface area (Å²) < 4.78 is 10.3.